The third-order valence-corrected chi connectivity index (χ3v) is 2.89. The second-order valence-corrected chi connectivity index (χ2v) is 4.45. The second-order valence-electron chi connectivity index (χ2n) is 4.45. The fourth-order valence-corrected chi connectivity index (χ4v) is 1.73. The lowest BCUT2D eigenvalue weighted by Crippen LogP contribution is -2.26. The Hall–Kier alpha value is -2.30. The number of hydrogen-bond acceptors (Lipinski definition) is 2. The number of amides is 1. The van der Waals surface area contributed by atoms with Crippen LogP contribution in [0, 0.1) is 18.6 Å². The molecule has 1 aromatic heterocycles. The summed E-state index contributed by atoms with van der Waals surface area (Å²) >= 11 is 0. The average Bonchev–Trinajstić information content (AvgIpc) is 2.44. The summed E-state index contributed by atoms with van der Waals surface area (Å²) in [7, 11) is 0. The molecule has 0 atom stereocenters. The molecule has 0 radical (unpaired) electrons. The van der Waals surface area contributed by atoms with Crippen molar-refractivity contribution < 1.29 is 13.6 Å². The van der Waals surface area contributed by atoms with Crippen LogP contribution in [0.4, 0.5) is 8.78 Å². The van der Waals surface area contributed by atoms with Crippen molar-refractivity contribution in [1.29, 1.82) is 0 Å². The van der Waals surface area contributed by atoms with Crippen molar-refractivity contribution in [3.8, 4) is 0 Å². The molecule has 0 aliphatic heterocycles. The van der Waals surface area contributed by atoms with Crippen molar-refractivity contribution in [2.24, 2.45) is 0 Å². The number of carbonyl (C=O) groups excluding carboxylic acids is 1. The SMILES string of the molecule is Cc1cc(C(=O)NCCc2ccc(F)cc2)ncc1F. The van der Waals surface area contributed by atoms with Gasteiger partial charge in [0.25, 0.3) is 5.91 Å². The third-order valence-electron chi connectivity index (χ3n) is 2.89. The Labute approximate surface area is 115 Å². The number of halogens is 2. The quantitative estimate of drug-likeness (QED) is 0.932. The zero-order valence-electron chi connectivity index (χ0n) is 11.0. The van der Waals surface area contributed by atoms with Gasteiger partial charge in [0.05, 0.1) is 6.20 Å². The monoisotopic (exact) mass is 276 g/mol. The van der Waals surface area contributed by atoms with Crippen LogP contribution in [-0.2, 0) is 6.42 Å². The van der Waals surface area contributed by atoms with Gasteiger partial charge < -0.3 is 5.32 Å². The lowest BCUT2D eigenvalue weighted by Gasteiger charge is -2.06. The lowest BCUT2D eigenvalue weighted by molar-refractivity contribution is 0.0949. The zero-order chi connectivity index (χ0) is 14.5. The molecule has 0 aliphatic rings. The van der Waals surface area contributed by atoms with Gasteiger partial charge in [0.15, 0.2) is 0 Å². The molecule has 2 aromatic rings. The van der Waals surface area contributed by atoms with Crippen molar-refractivity contribution in [2.45, 2.75) is 13.3 Å². The molecule has 2 rings (SSSR count). The minimum absolute atomic E-state index is 0.183. The largest absolute Gasteiger partial charge is 0.350 e. The minimum atomic E-state index is -0.437. The number of rotatable bonds is 4. The maximum atomic E-state index is 13.0. The predicted molar refractivity (Wildman–Crippen MR) is 71.4 cm³/mol. The molecule has 0 fully saturated rings. The van der Waals surface area contributed by atoms with Crippen LogP contribution in [0.5, 0.6) is 0 Å². The number of hydrogen-bond donors (Lipinski definition) is 1. The van der Waals surface area contributed by atoms with E-state index < -0.39 is 5.82 Å². The molecule has 0 saturated carbocycles. The molecule has 20 heavy (non-hydrogen) atoms. The number of aryl methyl sites for hydroxylation is 1. The number of nitrogens with zero attached hydrogens (tertiary/aromatic N) is 1. The van der Waals surface area contributed by atoms with Gasteiger partial charge in [-0.25, -0.2) is 13.8 Å². The highest BCUT2D eigenvalue weighted by molar-refractivity contribution is 5.92. The second kappa shape index (κ2) is 6.23. The topological polar surface area (TPSA) is 42.0 Å². The van der Waals surface area contributed by atoms with Crippen molar-refractivity contribution >= 4 is 5.91 Å². The summed E-state index contributed by atoms with van der Waals surface area (Å²) in [5.41, 5.74) is 1.49. The van der Waals surface area contributed by atoms with E-state index in [0.717, 1.165) is 11.8 Å². The van der Waals surface area contributed by atoms with E-state index in [4.69, 9.17) is 0 Å². The Morgan fingerprint density at radius 1 is 1.25 bits per heavy atom. The third kappa shape index (κ3) is 3.60. The number of aromatic nitrogens is 1. The fraction of sp³-hybridized carbons (Fsp3) is 0.200. The molecule has 104 valence electrons. The van der Waals surface area contributed by atoms with Crippen molar-refractivity contribution in [3.05, 3.63) is 65.0 Å². The highest BCUT2D eigenvalue weighted by Gasteiger charge is 2.08. The van der Waals surface area contributed by atoms with Crippen LogP contribution in [0.3, 0.4) is 0 Å². The summed E-state index contributed by atoms with van der Waals surface area (Å²) < 4.78 is 25.8. The van der Waals surface area contributed by atoms with Crippen molar-refractivity contribution in [1.82, 2.24) is 10.3 Å². The molecule has 0 saturated heterocycles. The molecule has 1 heterocycles. The van der Waals surface area contributed by atoms with E-state index >= 15 is 0 Å². The zero-order valence-corrected chi connectivity index (χ0v) is 11.0. The van der Waals surface area contributed by atoms with Crippen LogP contribution < -0.4 is 5.32 Å². The van der Waals surface area contributed by atoms with Gasteiger partial charge in [0.1, 0.15) is 17.3 Å². The van der Waals surface area contributed by atoms with E-state index in [-0.39, 0.29) is 17.4 Å². The van der Waals surface area contributed by atoms with Gasteiger partial charge in [-0.15, -0.1) is 0 Å². The molecule has 3 nitrogen and oxygen atoms in total. The normalized spacial score (nSPS) is 10.3. The number of carbonyl (C=O) groups is 1. The van der Waals surface area contributed by atoms with Gasteiger partial charge >= 0.3 is 0 Å². The van der Waals surface area contributed by atoms with Crippen molar-refractivity contribution in [2.75, 3.05) is 6.54 Å². The van der Waals surface area contributed by atoms with Gasteiger partial charge in [-0.3, -0.25) is 4.79 Å². The molecule has 0 unspecified atom stereocenters. The van der Waals surface area contributed by atoms with E-state index in [1.807, 2.05) is 0 Å². The molecule has 1 amide bonds. The Bertz CT molecular complexity index is 612. The van der Waals surface area contributed by atoms with E-state index in [2.05, 4.69) is 10.3 Å². The molecule has 0 spiro atoms. The van der Waals surface area contributed by atoms with E-state index in [9.17, 15) is 13.6 Å². The molecule has 0 bridgehead atoms. The molecular formula is C15H14F2N2O. The van der Waals surface area contributed by atoms with Crippen LogP contribution in [0.15, 0.2) is 36.5 Å². The maximum Gasteiger partial charge on any atom is 0.269 e. The van der Waals surface area contributed by atoms with Crippen LogP contribution in [-0.4, -0.2) is 17.4 Å². The Morgan fingerprint density at radius 3 is 2.60 bits per heavy atom. The predicted octanol–water partition coefficient (Wildman–Crippen LogP) is 2.64. The van der Waals surface area contributed by atoms with Gasteiger partial charge in [-0.2, -0.15) is 0 Å². The first-order valence-corrected chi connectivity index (χ1v) is 6.21. The lowest BCUT2D eigenvalue weighted by atomic mass is 10.1. The Balaban J connectivity index is 1.88. The molecule has 1 aromatic carbocycles. The Morgan fingerprint density at radius 2 is 1.95 bits per heavy atom. The first-order valence-electron chi connectivity index (χ1n) is 6.21. The standard InChI is InChI=1S/C15H14F2N2O/c1-10-8-14(19-9-13(10)17)15(20)18-7-6-11-2-4-12(16)5-3-11/h2-5,8-9H,6-7H2,1H3,(H,18,20). The number of benzene rings is 1. The van der Waals surface area contributed by atoms with Crippen LogP contribution >= 0.6 is 0 Å². The summed E-state index contributed by atoms with van der Waals surface area (Å²) in [6.07, 6.45) is 1.62. The Kier molecular flexibility index (Phi) is 4.40. The summed E-state index contributed by atoms with van der Waals surface area (Å²) in [6.45, 7) is 1.98. The first kappa shape index (κ1) is 14.1. The maximum absolute atomic E-state index is 13.0. The summed E-state index contributed by atoms with van der Waals surface area (Å²) in [5.74, 6) is -1.08. The highest BCUT2D eigenvalue weighted by atomic mass is 19.1. The molecule has 1 N–H and O–H groups in total. The first-order chi connectivity index (χ1) is 9.56. The fourth-order valence-electron chi connectivity index (χ4n) is 1.73. The highest BCUT2D eigenvalue weighted by Crippen LogP contribution is 2.06. The van der Waals surface area contributed by atoms with Gasteiger partial charge in [-0.05, 0) is 42.7 Å². The van der Waals surface area contributed by atoms with Crippen LogP contribution in [0.1, 0.15) is 21.6 Å². The summed E-state index contributed by atoms with van der Waals surface area (Å²) in [5, 5.41) is 2.69. The van der Waals surface area contributed by atoms with Gasteiger partial charge in [0.2, 0.25) is 0 Å². The smallest absolute Gasteiger partial charge is 0.269 e. The van der Waals surface area contributed by atoms with E-state index in [0.29, 0.717) is 18.5 Å². The molecule has 0 aliphatic carbocycles. The van der Waals surface area contributed by atoms with Gasteiger partial charge in [0, 0.05) is 6.54 Å². The minimum Gasteiger partial charge on any atom is -0.350 e. The van der Waals surface area contributed by atoms with Crippen LogP contribution in [0.2, 0.25) is 0 Å². The summed E-state index contributed by atoms with van der Waals surface area (Å²) in [6, 6.07) is 7.50. The van der Waals surface area contributed by atoms with E-state index in [1.165, 1.54) is 18.2 Å². The number of pyridine rings is 1. The number of nitrogens with one attached hydrogen (secondary N) is 1. The van der Waals surface area contributed by atoms with Crippen LogP contribution in [0.25, 0.3) is 0 Å². The molecule has 5 heteroatoms. The van der Waals surface area contributed by atoms with E-state index in [1.54, 1.807) is 19.1 Å². The summed E-state index contributed by atoms with van der Waals surface area (Å²) in [4.78, 5) is 15.5. The van der Waals surface area contributed by atoms with Crippen molar-refractivity contribution in [3.63, 3.8) is 0 Å². The van der Waals surface area contributed by atoms with Gasteiger partial charge in [-0.1, -0.05) is 12.1 Å². The molecular weight excluding hydrogens is 262 g/mol. The average molecular weight is 276 g/mol.